The Morgan fingerprint density at radius 1 is 1.06 bits per heavy atom. The number of nitrogens with zero attached hydrogens (tertiary/aromatic N) is 1. The van der Waals surface area contributed by atoms with E-state index in [0.717, 1.165) is 58.5 Å². The van der Waals surface area contributed by atoms with Crippen LogP contribution < -0.4 is 10.6 Å². The van der Waals surface area contributed by atoms with Crippen molar-refractivity contribution in [2.75, 3.05) is 7.05 Å². The van der Waals surface area contributed by atoms with Gasteiger partial charge < -0.3 is 15.2 Å². The highest BCUT2D eigenvalue weighted by Crippen LogP contribution is 2.53. The zero-order valence-corrected chi connectivity index (χ0v) is 22.8. The molecule has 0 bridgehead atoms. The smallest absolute Gasteiger partial charge is 0.248 e. The molecule has 0 saturated carbocycles. The van der Waals surface area contributed by atoms with Gasteiger partial charge in [0.25, 0.3) is 0 Å². The van der Waals surface area contributed by atoms with Crippen LogP contribution in [0.3, 0.4) is 0 Å². The Morgan fingerprint density at radius 2 is 1.78 bits per heavy atom. The second-order valence-electron chi connectivity index (χ2n) is 9.46. The second kappa shape index (κ2) is 10.2. The Labute approximate surface area is 216 Å². The Balaban J connectivity index is 0.00000148. The van der Waals surface area contributed by atoms with E-state index in [0.29, 0.717) is 0 Å². The molecule has 1 aromatic heterocycles. The van der Waals surface area contributed by atoms with Gasteiger partial charge in [-0.2, -0.15) is 0 Å². The molecule has 2 N–H and O–H groups in total. The molecule has 2 aliphatic carbocycles. The van der Waals surface area contributed by atoms with Crippen molar-refractivity contribution in [3.05, 3.63) is 99.1 Å². The zero-order chi connectivity index (χ0) is 26.0. The summed E-state index contributed by atoms with van der Waals surface area (Å²) in [5.41, 5.74) is 10.3. The number of benzene rings is 1. The molecule has 2 heterocycles. The highest BCUT2D eigenvalue weighted by molar-refractivity contribution is 6.05. The summed E-state index contributed by atoms with van der Waals surface area (Å²) in [5.74, 6) is 0.0412. The number of hydrogen-bond acceptors (Lipinski definition) is 2. The zero-order valence-electron chi connectivity index (χ0n) is 22.8. The van der Waals surface area contributed by atoms with E-state index in [1.54, 1.807) is 0 Å². The Morgan fingerprint density at radius 3 is 2.50 bits per heavy atom. The maximum atomic E-state index is 13.6. The predicted octanol–water partition coefficient (Wildman–Crippen LogP) is 6.72. The maximum Gasteiger partial charge on any atom is 0.248 e. The van der Waals surface area contributed by atoms with Gasteiger partial charge in [0.2, 0.25) is 5.91 Å². The Kier molecular flexibility index (Phi) is 7.26. The number of amides is 1. The number of aromatic nitrogens is 1. The molecule has 4 nitrogen and oxygen atoms in total. The van der Waals surface area contributed by atoms with Crippen molar-refractivity contribution >= 4 is 23.6 Å². The minimum absolute atomic E-state index is 0.0412. The van der Waals surface area contributed by atoms with Crippen LogP contribution in [0.15, 0.2) is 65.4 Å². The highest BCUT2D eigenvalue weighted by atomic mass is 16.2. The largest absolute Gasteiger partial charge is 0.391 e. The molecule has 0 radical (unpaired) electrons. The summed E-state index contributed by atoms with van der Waals surface area (Å²) in [6.45, 7) is 10.4. The third kappa shape index (κ3) is 3.80. The van der Waals surface area contributed by atoms with E-state index in [1.165, 1.54) is 16.8 Å². The molecule has 1 amide bonds. The SMILES string of the molecule is CC.CN/C(C)=C(\c1ccccc1C)C1(c2c3c(n(C)c2C)C=CCC=C3)NC(=O)C2=C1C=CCC2. The van der Waals surface area contributed by atoms with Crippen LogP contribution in [0, 0.1) is 13.8 Å². The van der Waals surface area contributed by atoms with Crippen LogP contribution in [-0.2, 0) is 17.4 Å². The third-order valence-electron chi connectivity index (χ3n) is 7.67. The highest BCUT2D eigenvalue weighted by Gasteiger charge is 2.52. The van der Waals surface area contributed by atoms with Crippen LogP contribution in [0.4, 0.5) is 0 Å². The Hall–Kier alpha value is -3.53. The number of hydrogen-bond donors (Lipinski definition) is 2. The van der Waals surface area contributed by atoms with Gasteiger partial charge in [0, 0.05) is 53.5 Å². The normalized spacial score (nSPS) is 20.7. The van der Waals surface area contributed by atoms with Crippen LogP contribution in [0.1, 0.15) is 73.7 Å². The maximum absolute atomic E-state index is 13.6. The Bertz CT molecular complexity index is 1350. The van der Waals surface area contributed by atoms with E-state index in [-0.39, 0.29) is 5.91 Å². The quantitative estimate of drug-likeness (QED) is 0.509. The summed E-state index contributed by atoms with van der Waals surface area (Å²) < 4.78 is 2.26. The van der Waals surface area contributed by atoms with Crippen molar-refractivity contribution < 1.29 is 4.79 Å². The summed E-state index contributed by atoms with van der Waals surface area (Å²) in [6.07, 6.45) is 15.8. The molecule has 36 heavy (non-hydrogen) atoms. The van der Waals surface area contributed by atoms with Gasteiger partial charge in [-0.1, -0.05) is 68.5 Å². The number of rotatable bonds is 4. The van der Waals surface area contributed by atoms with Gasteiger partial charge in [-0.25, -0.2) is 0 Å². The van der Waals surface area contributed by atoms with E-state index >= 15 is 0 Å². The first-order valence-electron chi connectivity index (χ1n) is 13.1. The summed E-state index contributed by atoms with van der Waals surface area (Å²) in [4.78, 5) is 13.6. The predicted molar refractivity (Wildman–Crippen MR) is 152 cm³/mol. The van der Waals surface area contributed by atoms with Crippen LogP contribution in [0.2, 0.25) is 0 Å². The van der Waals surface area contributed by atoms with E-state index in [9.17, 15) is 4.79 Å². The van der Waals surface area contributed by atoms with Crippen molar-refractivity contribution in [1.29, 1.82) is 0 Å². The molecule has 1 aliphatic heterocycles. The van der Waals surface area contributed by atoms with Gasteiger partial charge in [-0.15, -0.1) is 0 Å². The number of aryl methyl sites for hydroxylation is 1. The minimum Gasteiger partial charge on any atom is -0.391 e. The molecule has 2 aromatic rings. The van der Waals surface area contributed by atoms with Gasteiger partial charge in [-0.05, 0) is 62.8 Å². The number of fused-ring (bicyclic) bond motifs is 1. The summed E-state index contributed by atoms with van der Waals surface area (Å²) in [7, 11) is 4.09. The van der Waals surface area contributed by atoms with Crippen molar-refractivity contribution in [3.63, 3.8) is 0 Å². The lowest BCUT2D eigenvalue weighted by Crippen LogP contribution is -2.45. The molecule has 0 saturated heterocycles. The molecule has 188 valence electrons. The number of carbonyl (C=O) groups excluding carboxylic acids is 1. The van der Waals surface area contributed by atoms with Gasteiger partial charge >= 0.3 is 0 Å². The van der Waals surface area contributed by atoms with Crippen molar-refractivity contribution in [2.45, 2.75) is 59.4 Å². The van der Waals surface area contributed by atoms with Crippen LogP contribution in [0.5, 0.6) is 0 Å². The van der Waals surface area contributed by atoms with Crippen LogP contribution in [0.25, 0.3) is 17.7 Å². The molecule has 5 rings (SSSR count). The van der Waals surface area contributed by atoms with Crippen molar-refractivity contribution in [3.8, 4) is 0 Å². The summed E-state index contributed by atoms with van der Waals surface area (Å²) >= 11 is 0. The molecule has 1 aromatic carbocycles. The van der Waals surface area contributed by atoms with Crippen molar-refractivity contribution in [2.24, 2.45) is 7.05 Å². The minimum atomic E-state index is -0.791. The van der Waals surface area contributed by atoms with Gasteiger partial charge in [0.05, 0.1) is 0 Å². The molecule has 1 atom stereocenters. The molecule has 0 spiro atoms. The fourth-order valence-corrected chi connectivity index (χ4v) is 5.89. The number of allylic oxidation sites excluding steroid dienone is 4. The first-order chi connectivity index (χ1) is 17.4. The molecular formula is C32H39N3O. The van der Waals surface area contributed by atoms with Gasteiger partial charge in [0.15, 0.2) is 0 Å². The molecular weight excluding hydrogens is 442 g/mol. The lowest BCUT2D eigenvalue weighted by Gasteiger charge is -2.38. The lowest BCUT2D eigenvalue weighted by molar-refractivity contribution is -0.117. The monoisotopic (exact) mass is 481 g/mol. The molecule has 0 fully saturated rings. The lowest BCUT2D eigenvalue weighted by atomic mass is 9.70. The number of carbonyl (C=O) groups is 1. The van der Waals surface area contributed by atoms with Crippen molar-refractivity contribution in [1.82, 2.24) is 15.2 Å². The first-order valence-corrected chi connectivity index (χ1v) is 13.1. The van der Waals surface area contributed by atoms with Crippen LogP contribution in [-0.4, -0.2) is 17.5 Å². The summed E-state index contributed by atoms with van der Waals surface area (Å²) in [5, 5.41) is 6.99. The fourth-order valence-electron chi connectivity index (χ4n) is 5.89. The molecule has 1 unspecified atom stereocenters. The standard InChI is InChI=1S/C30H33N3O.C2H6/c1-19-13-9-10-14-22(19)27(20(2)31-4)30(25-17-12-11-15-23(25)29(34)32-30)28-21(3)33(5)26-18-8-6-7-16-24(26)28;1-2/h7-10,12-14,16-18,31H,6,11,15H2,1-5H3,(H,32,34);1-2H3/b27-20+;. The average molecular weight is 482 g/mol. The van der Waals surface area contributed by atoms with E-state index in [4.69, 9.17) is 0 Å². The third-order valence-corrected chi connectivity index (χ3v) is 7.67. The molecule has 3 aliphatic rings. The van der Waals surface area contributed by atoms with E-state index in [2.05, 4.69) is 104 Å². The number of nitrogens with one attached hydrogen (secondary N) is 2. The van der Waals surface area contributed by atoms with Gasteiger partial charge in [-0.3, -0.25) is 4.79 Å². The van der Waals surface area contributed by atoms with Gasteiger partial charge in [0.1, 0.15) is 5.54 Å². The summed E-state index contributed by atoms with van der Waals surface area (Å²) in [6, 6.07) is 8.49. The topological polar surface area (TPSA) is 46.1 Å². The van der Waals surface area contributed by atoms with E-state index in [1.807, 2.05) is 20.9 Å². The van der Waals surface area contributed by atoms with E-state index < -0.39 is 5.54 Å². The van der Waals surface area contributed by atoms with Crippen LogP contribution >= 0.6 is 0 Å². The first kappa shape index (κ1) is 25.6. The second-order valence-corrected chi connectivity index (χ2v) is 9.46. The average Bonchev–Trinajstić information content (AvgIpc) is 3.17. The fraction of sp³-hybridized carbons (Fsp3) is 0.344. The molecule has 4 heteroatoms.